The lowest BCUT2D eigenvalue weighted by atomic mass is 10.1. The van der Waals surface area contributed by atoms with Crippen LogP contribution in [0, 0.1) is 0 Å². The number of amides is 1. The van der Waals surface area contributed by atoms with Gasteiger partial charge in [0.2, 0.25) is 5.91 Å². The molecule has 2 unspecified atom stereocenters. The molecule has 0 saturated heterocycles. The van der Waals surface area contributed by atoms with Crippen molar-refractivity contribution >= 4 is 17.7 Å². The zero-order valence-electron chi connectivity index (χ0n) is 9.85. The van der Waals surface area contributed by atoms with Gasteiger partial charge in [-0.2, -0.15) is 0 Å². The second kappa shape index (κ2) is 5.56. The quantitative estimate of drug-likeness (QED) is 0.854. The van der Waals surface area contributed by atoms with Crippen molar-refractivity contribution in [1.82, 2.24) is 5.32 Å². The lowest BCUT2D eigenvalue weighted by Crippen LogP contribution is -2.34. The average molecular weight is 251 g/mol. The van der Waals surface area contributed by atoms with E-state index in [1.165, 1.54) is 10.5 Å². The van der Waals surface area contributed by atoms with E-state index in [0.717, 1.165) is 6.42 Å². The summed E-state index contributed by atoms with van der Waals surface area (Å²) < 4.78 is 0. The third kappa shape index (κ3) is 3.23. The van der Waals surface area contributed by atoms with Gasteiger partial charge in [-0.15, -0.1) is 11.8 Å². The predicted molar refractivity (Wildman–Crippen MR) is 69.1 cm³/mol. The molecule has 1 aliphatic rings. The molecule has 4 heteroatoms. The van der Waals surface area contributed by atoms with Crippen molar-refractivity contribution < 1.29 is 9.90 Å². The molecule has 0 aliphatic carbocycles. The van der Waals surface area contributed by atoms with Crippen LogP contribution in [0.3, 0.4) is 0 Å². The summed E-state index contributed by atoms with van der Waals surface area (Å²) in [6, 6.07) is 8.14. The van der Waals surface area contributed by atoms with Gasteiger partial charge in [-0.25, -0.2) is 0 Å². The molecule has 0 spiro atoms. The highest BCUT2D eigenvalue weighted by Crippen LogP contribution is 2.36. The SMILES string of the molecule is CC(O)CCNC(=O)C1Cc2ccccc2S1. The molecule has 1 amide bonds. The molecule has 2 atom stereocenters. The Morgan fingerprint density at radius 2 is 2.35 bits per heavy atom. The first-order chi connectivity index (χ1) is 8.16. The standard InChI is InChI=1S/C13H17NO2S/c1-9(15)6-7-14-13(16)12-8-10-4-2-3-5-11(10)17-12/h2-5,9,12,15H,6-8H2,1H3,(H,14,16). The molecular weight excluding hydrogens is 234 g/mol. The van der Waals surface area contributed by atoms with Crippen molar-refractivity contribution in [1.29, 1.82) is 0 Å². The summed E-state index contributed by atoms with van der Waals surface area (Å²) >= 11 is 1.63. The van der Waals surface area contributed by atoms with Gasteiger partial charge in [0, 0.05) is 11.4 Å². The highest BCUT2D eigenvalue weighted by atomic mass is 32.2. The molecule has 0 radical (unpaired) electrons. The van der Waals surface area contributed by atoms with E-state index >= 15 is 0 Å². The van der Waals surface area contributed by atoms with E-state index in [1.807, 2.05) is 12.1 Å². The van der Waals surface area contributed by atoms with Gasteiger partial charge >= 0.3 is 0 Å². The number of fused-ring (bicyclic) bond motifs is 1. The normalized spacial score (nSPS) is 19.8. The first-order valence-electron chi connectivity index (χ1n) is 5.87. The minimum absolute atomic E-state index is 0.0126. The number of aliphatic hydroxyl groups is 1. The number of benzene rings is 1. The van der Waals surface area contributed by atoms with Crippen molar-refractivity contribution in [2.24, 2.45) is 0 Å². The van der Waals surface area contributed by atoms with Crippen molar-refractivity contribution in [3.05, 3.63) is 29.8 Å². The fourth-order valence-corrected chi connectivity index (χ4v) is 3.07. The molecule has 1 aliphatic heterocycles. The van der Waals surface area contributed by atoms with Crippen LogP contribution in [0.4, 0.5) is 0 Å². The first-order valence-corrected chi connectivity index (χ1v) is 6.75. The van der Waals surface area contributed by atoms with Gasteiger partial charge < -0.3 is 10.4 Å². The fraction of sp³-hybridized carbons (Fsp3) is 0.462. The maximum absolute atomic E-state index is 11.9. The Bertz CT molecular complexity index is 381. The molecule has 0 aromatic heterocycles. The zero-order valence-corrected chi connectivity index (χ0v) is 10.7. The van der Waals surface area contributed by atoms with Crippen molar-refractivity contribution in [2.75, 3.05) is 6.54 Å². The van der Waals surface area contributed by atoms with Gasteiger partial charge in [-0.3, -0.25) is 4.79 Å². The summed E-state index contributed by atoms with van der Waals surface area (Å²) in [7, 11) is 0. The number of hydrogen-bond donors (Lipinski definition) is 2. The van der Waals surface area contributed by atoms with E-state index in [1.54, 1.807) is 18.7 Å². The van der Waals surface area contributed by atoms with E-state index in [0.29, 0.717) is 13.0 Å². The van der Waals surface area contributed by atoms with Crippen LogP contribution in [0.5, 0.6) is 0 Å². The molecule has 3 nitrogen and oxygen atoms in total. The van der Waals surface area contributed by atoms with E-state index in [2.05, 4.69) is 17.4 Å². The monoisotopic (exact) mass is 251 g/mol. The van der Waals surface area contributed by atoms with Gasteiger partial charge in [-0.05, 0) is 31.4 Å². The summed E-state index contributed by atoms with van der Waals surface area (Å²) in [6.45, 7) is 2.27. The first kappa shape index (κ1) is 12.5. The lowest BCUT2D eigenvalue weighted by Gasteiger charge is -2.10. The molecule has 1 heterocycles. The predicted octanol–water partition coefficient (Wildman–Crippen LogP) is 1.59. The van der Waals surface area contributed by atoms with Crippen LogP contribution >= 0.6 is 11.8 Å². The third-order valence-corrected chi connectivity index (χ3v) is 4.12. The third-order valence-electron chi connectivity index (χ3n) is 2.80. The van der Waals surface area contributed by atoms with E-state index in [-0.39, 0.29) is 17.3 Å². The Kier molecular flexibility index (Phi) is 4.07. The Balaban J connectivity index is 1.84. The smallest absolute Gasteiger partial charge is 0.233 e. The second-order valence-corrected chi connectivity index (χ2v) is 5.59. The van der Waals surface area contributed by atoms with Crippen LogP contribution < -0.4 is 5.32 Å². The summed E-state index contributed by atoms with van der Waals surface area (Å²) in [5.41, 5.74) is 1.26. The average Bonchev–Trinajstić information content (AvgIpc) is 2.71. The van der Waals surface area contributed by atoms with Crippen LogP contribution in [0.1, 0.15) is 18.9 Å². The molecule has 0 bridgehead atoms. The maximum Gasteiger partial charge on any atom is 0.233 e. The maximum atomic E-state index is 11.9. The highest BCUT2D eigenvalue weighted by molar-refractivity contribution is 8.01. The van der Waals surface area contributed by atoms with Crippen molar-refractivity contribution in [2.45, 2.75) is 36.0 Å². The van der Waals surface area contributed by atoms with Crippen LogP contribution in [-0.4, -0.2) is 28.9 Å². The fourth-order valence-electron chi connectivity index (χ4n) is 1.85. The summed E-state index contributed by atoms with van der Waals surface area (Å²) in [5, 5.41) is 12.0. The molecule has 1 aromatic rings. The molecule has 2 rings (SSSR count). The van der Waals surface area contributed by atoms with E-state index in [9.17, 15) is 4.79 Å². The minimum Gasteiger partial charge on any atom is -0.393 e. The van der Waals surface area contributed by atoms with E-state index in [4.69, 9.17) is 5.11 Å². The van der Waals surface area contributed by atoms with Gasteiger partial charge in [0.05, 0.1) is 11.4 Å². The van der Waals surface area contributed by atoms with Crippen LogP contribution in [0.25, 0.3) is 0 Å². The number of rotatable bonds is 4. The highest BCUT2D eigenvalue weighted by Gasteiger charge is 2.27. The van der Waals surface area contributed by atoms with Crippen LogP contribution in [0.2, 0.25) is 0 Å². The van der Waals surface area contributed by atoms with Gasteiger partial charge in [0.25, 0.3) is 0 Å². The summed E-state index contributed by atoms with van der Waals surface area (Å²) in [6.07, 6.45) is 1.06. The number of aliphatic hydroxyl groups excluding tert-OH is 1. The molecular formula is C13H17NO2S. The Labute approximate surface area is 106 Å². The molecule has 2 N–H and O–H groups in total. The van der Waals surface area contributed by atoms with Crippen molar-refractivity contribution in [3.8, 4) is 0 Å². The van der Waals surface area contributed by atoms with Crippen molar-refractivity contribution in [3.63, 3.8) is 0 Å². The second-order valence-electron chi connectivity index (χ2n) is 4.35. The summed E-state index contributed by atoms with van der Waals surface area (Å²) in [5.74, 6) is 0.0758. The topological polar surface area (TPSA) is 49.3 Å². The molecule has 0 saturated carbocycles. The Morgan fingerprint density at radius 3 is 3.06 bits per heavy atom. The number of hydrogen-bond acceptors (Lipinski definition) is 3. The Morgan fingerprint density at radius 1 is 1.59 bits per heavy atom. The lowest BCUT2D eigenvalue weighted by molar-refractivity contribution is -0.120. The van der Waals surface area contributed by atoms with Gasteiger partial charge in [0.1, 0.15) is 0 Å². The van der Waals surface area contributed by atoms with Gasteiger partial charge in [0.15, 0.2) is 0 Å². The van der Waals surface area contributed by atoms with Gasteiger partial charge in [-0.1, -0.05) is 18.2 Å². The summed E-state index contributed by atoms with van der Waals surface area (Å²) in [4.78, 5) is 13.1. The molecule has 0 fully saturated rings. The van der Waals surface area contributed by atoms with Crippen LogP contribution in [0.15, 0.2) is 29.2 Å². The molecule has 92 valence electrons. The largest absolute Gasteiger partial charge is 0.393 e. The number of carbonyl (C=O) groups is 1. The van der Waals surface area contributed by atoms with Crippen LogP contribution in [-0.2, 0) is 11.2 Å². The Hall–Kier alpha value is -1.00. The zero-order chi connectivity index (χ0) is 12.3. The molecule has 1 aromatic carbocycles. The number of nitrogens with one attached hydrogen (secondary N) is 1. The van der Waals surface area contributed by atoms with E-state index < -0.39 is 0 Å². The number of thioether (sulfide) groups is 1. The molecule has 17 heavy (non-hydrogen) atoms. The number of carbonyl (C=O) groups excluding carboxylic acids is 1. The minimum atomic E-state index is -0.358.